The average Bonchev–Trinajstić information content (AvgIpc) is 4.05. The third-order valence-electron chi connectivity index (χ3n) is 12.1. The lowest BCUT2D eigenvalue weighted by atomic mass is 9.99. The van der Waals surface area contributed by atoms with E-state index in [1.807, 2.05) is 78.9 Å². The van der Waals surface area contributed by atoms with Crippen molar-refractivity contribution in [3.8, 4) is 45.7 Å². The van der Waals surface area contributed by atoms with Crippen molar-refractivity contribution in [2.75, 3.05) is 0 Å². The van der Waals surface area contributed by atoms with Crippen molar-refractivity contribution in [2.24, 2.45) is 0 Å². The van der Waals surface area contributed by atoms with E-state index in [4.69, 9.17) is 14.4 Å². The topological polar surface area (TPSA) is 72.0 Å². The molecule has 13 rings (SSSR count). The fraction of sp³-hybridized carbons (Fsp3) is 0. The van der Waals surface area contributed by atoms with E-state index in [-0.39, 0.29) is 0 Å². The van der Waals surface area contributed by atoms with Gasteiger partial charge < -0.3 is 13.4 Å². The van der Waals surface area contributed by atoms with E-state index in [0.717, 1.165) is 55.3 Å². The van der Waals surface area contributed by atoms with E-state index >= 15 is 0 Å². The van der Waals surface area contributed by atoms with Gasteiger partial charge in [0.2, 0.25) is 0 Å². The molecule has 0 radical (unpaired) electrons. The number of rotatable bonds is 4. The molecule has 0 N–H and O–H groups in total. The number of benzene rings is 8. The van der Waals surface area contributed by atoms with E-state index in [0.29, 0.717) is 22.8 Å². The number of hydrogen-bond acceptors (Lipinski definition) is 4. The van der Waals surface area contributed by atoms with Crippen molar-refractivity contribution in [3.63, 3.8) is 0 Å². The minimum atomic E-state index is 0.434. The van der Waals surface area contributed by atoms with E-state index in [1.54, 1.807) is 0 Å². The molecule has 0 amide bonds. The lowest BCUT2D eigenvalue weighted by molar-refractivity contribution is 0.666. The molecule has 0 fully saturated rings. The fourth-order valence-corrected chi connectivity index (χ4v) is 9.69. The van der Waals surface area contributed by atoms with Crippen LogP contribution < -0.4 is 0 Å². The highest BCUT2D eigenvalue weighted by atomic mass is 16.3. The van der Waals surface area contributed by atoms with E-state index in [1.165, 1.54) is 48.9 Å². The van der Waals surface area contributed by atoms with Gasteiger partial charge in [-0.1, -0.05) is 140 Å². The smallest absolute Gasteiger partial charge is 0.161 e. The predicted octanol–water partition coefficient (Wildman–Crippen LogP) is 13.5. The van der Waals surface area contributed by atoms with Crippen LogP contribution in [0.1, 0.15) is 5.56 Å². The highest BCUT2D eigenvalue weighted by Gasteiger charge is 2.27. The molecule has 6 heteroatoms. The maximum absolute atomic E-state index is 10.6. The summed E-state index contributed by atoms with van der Waals surface area (Å²) in [5, 5.41) is 19.8. The summed E-state index contributed by atoms with van der Waals surface area (Å²) in [4.78, 5) is 10.5. The first-order valence-corrected chi connectivity index (χ1v) is 19.7. The zero-order valence-electron chi connectivity index (χ0n) is 31.4. The molecule has 5 aromatic heterocycles. The van der Waals surface area contributed by atoms with Crippen LogP contribution in [0.3, 0.4) is 0 Å². The molecule has 6 nitrogen and oxygen atoms in total. The predicted molar refractivity (Wildman–Crippen MR) is 239 cm³/mol. The summed E-state index contributed by atoms with van der Waals surface area (Å²) in [5.74, 6) is 0.519. The Bertz CT molecular complexity index is 3840. The zero-order chi connectivity index (χ0) is 38.8. The quantitative estimate of drug-likeness (QED) is 0.179. The van der Waals surface area contributed by atoms with Crippen molar-refractivity contribution in [1.29, 1.82) is 5.26 Å². The van der Waals surface area contributed by atoms with Crippen molar-refractivity contribution < 1.29 is 4.42 Å². The SMILES string of the molecule is N#Cc1c(-c2ccccc2)nc(-c2ccc(-n3c4ccccc4c4ccc5c(c6cccc7c8ccccc8n5c76)c43)c3oc4ccccc4c23)nc1-c1ccccc1. The van der Waals surface area contributed by atoms with Crippen LogP contribution in [0.5, 0.6) is 0 Å². The molecule has 0 saturated carbocycles. The first kappa shape index (κ1) is 31.9. The molecule has 0 spiro atoms. The maximum atomic E-state index is 10.6. The monoisotopic (exact) mass is 751 g/mol. The van der Waals surface area contributed by atoms with Crippen molar-refractivity contribution in [2.45, 2.75) is 0 Å². The number of nitriles is 1. The molecule has 5 heterocycles. The zero-order valence-corrected chi connectivity index (χ0v) is 31.4. The second kappa shape index (κ2) is 11.9. The largest absolute Gasteiger partial charge is 0.454 e. The normalized spacial score (nSPS) is 12.1. The molecule has 0 bridgehead atoms. The summed E-state index contributed by atoms with van der Waals surface area (Å²) in [6.45, 7) is 0. The Balaban J connectivity index is 1.17. The summed E-state index contributed by atoms with van der Waals surface area (Å²) in [7, 11) is 0. The van der Waals surface area contributed by atoms with Crippen LogP contribution >= 0.6 is 0 Å². The van der Waals surface area contributed by atoms with Crippen LogP contribution in [0, 0.1) is 11.3 Å². The highest BCUT2D eigenvalue weighted by molar-refractivity contribution is 6.31. The third kappa shape index (κ3) is 4.28. The minimum Gasteiger partial charge on any atom is -0.454 e. The van der Waals surface area contributed by atoms with Crippen LogP contribution in [0.25, 0.3) is 121 Å². The van der Waals surface area contributed by atoms with Crippen molar-refractivity contribution in [3.05, 3.63) is 181 Å². The number of para-hydroxylation sites is 4. The van der Waals surface area contributed by atoms with Crippen molar-refractivity contribution in [1.82, 2.24) is 18.9 Å². The Hall–Kier alpha value is -8.27. The van der Waals surface area contributed by atoms with E-state index in [9.17, 15) is 5.26 Å². The molecule has 0 aliphatic rings. The van der Waals surface area contributed by atoms with Gasteiger partial charge in [-0.2, -0.15) is 5.26 Å². The van der Waals surface area contributed by atoms with Crippen LogP contribution in [-0.2, 0) is 0 Å². The Kier molecular flexibility index (Phi) is 6.42. The van der Waals surface area contributed by atoms with Gasteiger partial charge in [-0.3, -0.25) is 0 Å². The molecular formula is C53H29N5O. The molecule has 8 aromatic carbocycles. The molecule has 0 aliphatic heterocycles. The summed E-state index contributed by atoms with van der Waals surface area (Å²) in [6.07, 6.45) is 0. The molecule has 0 saturated heterocycles. The van der Waals surface area contributed by atoms with Gasteiger partial charge in [0.25, 0.3) is 0 Å². The highest BCUT2D eigenvalue weighted by Crippen LogP contribution is 2.47. The fourth-order valence-electron chi connectivity index (χ4n) is 9.69. The summed E-state index contributed by atoms with van der Waals surface area (Å²) >= 11 is 0. The van der Waals surface area contributed by atoms with E-state index < -0.39 is 0 Å². The van der Waals surface area contributed by atoms with Gasteiger partial charge in [-0.25, -0.2) is 9.97 Å². The van der Waals surface area contributed by atoms with Crippen LogP contribution in [0.4, 0.5) is 0 Å². The third-order valence-corrected chi connectivity index (χ3v) is 12.1. The number of nitrogens with zero attached hydrogens (tertiary/aromatic N) is 5. The van der Waals surface area contributed by atoms with Crippen LogP contribution in [0.2, 0.25) is 0 Å². The van der Waals surface area contributed by atoms with Gasteiger partial charge >= 0.3 is 0 Å². The lowest BCUT2D eigenvalue weighted by Gasteiger charge is -2.14. The number of fused-ring (bicyclic) bond motifs is 13. The Morgan fingerprint density at radius 2 is 1.05 bits per heavy atom. The number of aromatic nitrogens is 4. The Morgan fingerprint density at radius 1 is 0.458 bits per heavy atom. The summed E-state index contributed by atoms with van der Waals surface area (Å²) in [6, 6.07) is 63.4. The number of hydrogen-bond donors (Lipinski definition) is 0. The van der Waals surface area contributed by atoms with E-state index in [2.05, 4.69) is 112 Å². The molecule has 59 heavy (non-hydrogen) atoms. The van der Waals surface area contributed by atoms with Gasteiger partial charge in [0, 0.05) is 59.8 Å². The standard InChI is InChI=1S/C53H29N5O/c54-30-40-48(31-14-3-1-4-15-31)55-53(56-49(40)32-16-5-2-6-17-32)39-27-29-44(52-46(39)37-20-9-12-25-45(37)59-52)58-42-24-11-8-19-34(42)36-26-28-43-47(51(36)58)38-22-13-21-35-33-18-7-10-23-41(33)57(43)50(35)38/h1-29H. The molecule has 0 aliphatic carbocycles. The summed E-state index contributed by atoms with van der Waals surface area (Å²) in [5.41, 5.74) is 12.4. The van der Waals surface area contributed by atoms with Gasteiger partial charge in [-0.15, -0.1) is 0 Å². The summed E-state index contributed by atoms with van der Waals surface area (Å²) < 4.78 is 11.8. The van der Waals surface area contributed by atoms with Crippen LogP contribution in [0.15, 0.2) is 180 Å². The number of furan rings is 1. The maximum Gasteiger partial charge on any atom is 0.161 e. The molecular weight excluding hydrogens is 723 g/mol. The van der Waals surface area contributed by atoms with Gasteiger partial charge in [0.05, 0.1) is 44.7 Å². The second-order valence-electron chi connectivity index (χ2n) is 15.2. The van der Waals surface area contributed by atoms with Crippen LogP contribution in [-0.4, -0.2) is 18.9 Å². The molecule has 13 aromatic rings. The Morgan fingerprint density at radius 3 is 1.78 bits per heavy atom. The molecule has 0 unspecified atom stereocenters. The van der Waals surface area contributed by atoms with Crippen molar-refractivity contribution >= 4 is 81.8 Å². The Labute approximate surface area is 336 Å². The van der Waals surface area contributed by atoms with Gasteiger partial charge in [0.15, 0.2) is 11.4 Å². The lowest BCUT2D eigenvalue weighted by Crippen LogP contribution is -2.02. The molecule has 272 valence electrons. The average molecular weight is 752 g/mol. The van der Waals surface area contributed by atoms with Gasteiger partial charge in [0.1, 0.15) is 17.2 Å². The first-order chi connectivity index (χ1) is 29.3. The minimum absolute atomic E-state index is 0.434. The van der Waals surface area contributed by atoms with Gasteiger partial charge in [-0.05, 0) is 36.4 Å². The first-order valence-electron chi connectivity index (χ1n) is 19.7. The molecule has 0 atom stereocenters. The second-order valence-corrected chi connectivity index (χ2v) is 15.2.